The Bertz CT molecular complexity index is 481. The molecule has 0 spiro atoms. The number of aromatic amines is 1. The Balaban J connectivity index is 2.02. The number of aromatic nitrogens is 3. The number of hydrogen-bond acceptors (Lipinski definition) is 2. The van der Waals surface area contributed by atoms with Crippen molar-refractivity contribution in [3.8, 4) is 0 Å². The quantitative estimate of drug-likeness (QED) is 0.805. The first-order valence-electron chi connectivity index (χ1n) is 4.91. The van der Waals surface area contributed by atoms with Gasteiger partial charge in [0.25, 0.3) is 0 Å². The van der Waals surface area contributed by atoms with Crippen molar-refractivity contribution < 1.29 is 0 Å². The van der Waals surface area contributed by atoms with Gasteiger partial charge >= 0.3 is 0 Å². The highest BCUT2D eigenvalue weighted by Crippen LogP contribution is 2.01. The lowest BCUT2D eigenvalue weighted by molar-refractivity contribution is 0.676. The molecule has 0 radical (unpaired) electrons. The predicted octanol–water partition coefficient (Wildman–Crippen LogP) is 2.49. The van der Waals surface area contributed by atoms with Crippen LogP contribution in [-0.4, -0.2) is 14.5 Å². The molecule has 0 aliphatic heterocycles. The van der Waals surface area contributed by atoms with Crippen LogP contribution in [0.2, 0.25) is 0 Å². The van der Waals surface area contributed by atoms with Gasteiger partial charge in [0, 0.05) is 37.3 Å². The van der Waals surface area contributed by atoms with Gasteiger partial charge in [-0.2, -0.15) is 0 Å². The zero-order chi connectivity index (χ0) is 10.7. The molecule has 3 nitrogen and oxygen atoms in total. The van der Waals surface area contributed by atoms with Gasteiger partial charge in [0.2, 0.25) is 0 Å². The molecule has 4 heteroatoms. The van der Waals surface area contributed by atoms with Crippen LogP contribution >= 0.6 is 12.2 Å². The minimum absolute atomic E-state index is 0.766. The minimum Gasteiger partial charge on any atom is -0.337 e. The topological polar surface area (TPSA) is 33.6 Å². The van der Waals surface area contributed by atoms with Crippen LogP contribution in [0.15, 0.2) is 30.7 Å². The van der Waals surface area contributed by atoms with Crippen molar-refractivity contribution in [1.82, 2.24) is 14.5 Å². The lowest BCUT2D eigenvalue weighted by Gasteiger charge is -2.02. The minimum atomic E-state index is 0.766. The van der Waals surface area contributed by atoms with Crippen LogP contribution in [0.25, 0.3) is 0 Å². The molecule has 0 aliphatic rings. The first-order chi connectivity index (χ1) is 7.25. The molecule has 2 aromatic rings. The largest absolute Gasteiger partial charge is 0.337 e. The number of nitrogens with zero attached hydrogens (tertiary/aromatic N) is 2. The Kier molecular flexibility index (Phi) is 2.97. The molecular formula is C11H13N3S. The number of H-pyrrole nitrogens is 1. The van der Waals surface area contributed by atoms with E-state index in [0.717, 1.165) is 23.4 Å². The fourth-order valence-electron chi connectivity index (χ4n) is 1.41. The van der Waals surface area contributed by atoms with Crippen molar-refractivity contribution in [1.29, 1.82) is 0 Å². The van der Waals surface area contributed by atoms with Crippen LogP contribution in [0.5, 0.6) is 0 Å². The molecule has 15 heavy (non-hydrogen) atoms. The molecule has 0 bridgehead atoms. The van der Waals surface area contributed by atoms with E-state index in [1.54, 1.807) is 0 Å². The first-order valence-corrected chi connectivity index (χ1v) is 5.32. The van der Waals surface area contributed by atoms with Crippen LogP contribution < -0.4 is 0 Å². The average Bonchev–Trinajstić information content (AvgIpc) is 2.63. The fourth-order valence-corrected chi connectivity index (χ4v) is 1.63. The summed E-state index contributed by atoms with van der Waals surface area (Å²) in [4.78, 5) is 7.32. The summed E-state index contributed by atoms with van der Waals surface area (Å²) < 4.78 is 2.78. The molecule has 0 fully saturated rings. The number of hydrogen-bond donors (Lipinski definition) is 1. The van der Waals surface area contributed by atoms with Crippen LogP contribution in [0, 0.1) is 11.7 Å². The highest BCUT2D eigenvalue weighted by molar-refractivity contribution is 7.71. The highest BCUT2D eigenvalue weighted by atomic mass is 32.1. The summed E-state index contributed by atoms with van der Waals surface area (Å²) in [7, 11) is 0. The van der Waals surface area contributed by atoms with Crippen LogP contribution in [0.4, 0.5) is 0 Å². The van der Waals surface area contributed by atoms with E-state index >= 15 is 0 Å². The van der Waals surface area contributed by atoms with Crippen molar-refractivity contribution in [2.75, 3.05) is 0 Å². The van der Waals surface area contributed by atoms with Crippen molar-refractivity contribution in [2.24, 2.45) is 0 Å². The predicted molar refractivity (Wildman–Crippen MR) is 62.3 cm³/mol. The highest BCUT2D eigenvalue weighted by Gasteiger charge is 1.96. The zero-order valence-electron chi connectivity index (χ0n) is 8.60. The van der Waals surface area contributed by atoms with Gasteiger partial charge in [-0.05, 0) is 30.8 Å². The van der Waals surface area contributed by atoms with E-state index in [4.69, 9.17) is 12.2 Å². The van der Waals surface area contributed by atoms with Gasteiger partial charge in [-0.1, -0.05) is 6.07 Å². The van der Waals surface area contributed by atoms with E-state index in [9.17, 15) is 0 Å². The average molecular weight is 219 g/mol. The van der Waals surface area contributed by atoms with E-state index in [2.05, 4.69) is 22.1 Å². The second-order valence-electron chi connectivity index (χ2n) is 3.54. The van der Waals surface area contributed by atoms with E-state index in [1.807, 2.05) is 30.1 Å². The van der Waals surface area contributed by atoms with Crippen LogP contribution in [-0.2, 0) is 13.0 Å². The first kappa shape index (κ1) is 10.1. The van der Waals surface area contributed by atoms with Gasteiger partial charge < -0.3 is 9.55 Å². The summed E-state index contributed by atoms with van der Waals surface area (Å²) in [6, 6.07) is 4.14. The molecule has 0 saturated carbocycles. The molecule has 1 N–H and O–H groups in total. The summed E-state index contributed by atoms with van der Waals surface area (Å²) in [6.07, 6.45) is 6.61. The second kappa shape index (κ2) is 4.40. The maximum Gasteiger partial charge on any atom is 0.177 e. The van der Waals surface area contributed by atoms with Crippen molar-refractivity contribution in [3.05, 3.63) is 46.8 Å². The summed E-state index contributed by atoms with van der Waals surface area (Å²) in [6.45, 7) is 2.91. The van der Waals surface area contributed by atoms with Crippen LogP contribution in [0.1, 0.15) is 11.3 Å². The molecular weight excluding hydrogens is 206 g/mol. The smallest absolute Gasteiger partial charge is 0.177 e. The van der Waals surface area contributed by atoms with E-state index in [1.165, 1.54) is 5.56 Å². The number of rotatable bonds is 3. The SMILES string of the molecule is Cc1ccc(CCn2cc[nH]c2=S)nc1. The lowest BCUT2D eigenvalue weighted by atomic mass is 10.2. The zero-order valence-corrected chi connectivity index (χ0v) is 9.42. The van der Waals surface area contributed by atoms with Gasteiger partial charge in [0.1, 0.15) is 0 Å². The molecule has 0 saturated heterocycles. The molecule has 0 unspecified atom stereocenters. The van der Waals surface area contributed by atoms with E-state index in [-0.39, 0.29) is 0 Å². The standard InChI is InChI=1S/C11H13N3S/c1-9-2-3-10(13-8-9)4-6-14-7-5-12-11(14)15/h2-3,5,7-8H,4,6H2,1H3,(H,12,15). The maximum absolute atomic E-state index is 5.11. The molecule has 0 aliphatic carbocycles. The van der Waals surface area contributed by atoms with Gasteiger partial charge in [0.15, 0.2) is 4.77 Å². The monoisotopic (exact) mass is 219 g/mol. The molecule has 0 amide bonds. The third-order valence-corrected chi connectivity index (χ3v) is 2.66. The van der Waals surface area contributed by atoms with E-state index < -0.39 is 0 Å². The second-order valence-corrected chi connectivity index (χ2v) is 3.92. The summed E-state index contributed by atoms with van der Waals surface area (Å²) in [5, 5.41) is 0. The van der Waals surface area contributed by atoms with Crippen molar-refractivity contribution in [3.63, 3.8) is 0 Å². The Morgan fingerprint density at radius 3 is 2.93 bits per heavy atom. The molecule has 2 aromatic heterocycles. The van der Waals surface area contributed by atoms with Gasteiger partial charge in [-0.15, -0.1) is 0 Å². The molecule has 2 heterocycles. The van der Waals surface area contributed by atoms with Gasteiger partial charge in [0.05, 0.1) is 0 Å². The third-order valence-electron chi connectivity index (χ3n) is 2.30. The normalized spacial score (nSPS) is 10.5. The number of aryl methyl sites for hydroxylation is 3. The Hall–Kier alpha value is -1.42. The molecule has 0 aromatic carbocycles. The van der Waals surface area contributed by atoms with Crippen molar-refractivity contribution >= 4 is 12.2 Å². The summed E-state index contributed by atoms with van der Waals surface area (Å²) in [5.41, 5.74) is 2.29. The summed E-state index contributed by atoms with van der Waals surface area (Å²) >= 11 is 5.11. The van der Waals surface area contributed by atoms with E-state index in [0.29, 0.717) is 0 Å². The van der Waals surface area contributed by atoms with Crippen molar-refractivity contribution in [2.45, 2.75) is 19.9 Å². The lowest BCUT2D eigenvalue weighted by Crippen LogP contribution is -2.01. The number of imidazole rings is 1. The molecule has 78 valence electrons. The number of pyridine rings is 1. The maximum atomic E-state index is 5.11. The van der Waals surface area contributed by atoms with Crippen LogP contribution in [0.3, 0.4) is 0 Å². The van der Waals surface area contributed by atoms with Gasteiger partial charge in [-0.3, -0.25) is 4.98 Å². The Morgan fingerprint density at radius 2 is 2.33 bits per heavy atom. The molecule has 2 rings (SSSR count). The van der Waals surface area contributed by atoms with Gasteiger partial charge in [-0.25, -0.2) is 0 Å². The third kappa shape index (κ3) is 2.53. The summed E-state index contributed by atoms with van der Waals surface area (Å²) in [5.74, 6) is 0. The Labute approximate surface area is 93.8 Å². The fraction of sp³-hybridized carbons (Fsp3) is 0.273. The molecule has 0 atom stereocenters. The Morgan fingerprint density at radius 1 is 1.47 bits per heavy atom. The number of nitrogens with one attached hydrogen (secondary N) is 1.